The highest BCUT2D eigenvalue weighted by atomic mass is 19.1. The minimum absolute atomic E-state index is 0.254. The molecule has 0 aliphatic heterocycles. The molecule has 0 spiro atoms. The summed E-state index contributed by atoms with van der Waals surface area (Å²) in [6.45, 7) is 1.46. The van der Waals surface area contributed by atoms with Crippen molar-refractivity contribution in [2.45, 2.75) is 6.92 Å². The van der Waals surface area contributed by atoms with Crippen LogP contribution in [0.15, 0.2) is 36.4 Å². The quantitative estimate of drug-likeness (QED) is 0.768. The van der Waals surface area contributed by atoms with E-state index in [1.165, 1.54) is 50.6 Å². The zero-order valence-corrected chi connectivity index (χ0v) is 14.6. The molecule has 26 heavy (non-hydrogen) atoms. The summed E-state index contributed by atoms with van der Waals surface area (Å²) in [5.41, 5.74) is 5.52. The molecule has 0 atom stereocenters. The third-order valence-corrected chi connectivity index (χ3v) is 3.51. The SMILES string of the molecule is COc1cc(C(=O)NNC(=O)COc2ccc(F)cc2)cc(OC)c1C. The number of hydrazine groups is 1. The van der Waals surface area contributed by atoms with Gasteiger partial charge in [0.15, 0.2) is 6.61 Å². The van der Waals surface area contributed by atoms with Gasteiger partial charge in [0.05, 0.1) is 14.2 Å². The normalized spacial score (nSPS) is 10.0. The Morgan fingerprint density at radius 1 is 1.00 bits per heavy atom. The zero-order valence-electron chi connectivity index (χ0n) is 14.6. The topological polar surface area (TPSA) is 85.9 Å². The largest absolute Gasteiger partial charge is 0.496 e. The molecule has 2 rings (SSSR count). The minimum Gasteiger partial charge on any atom is -0.496 e. The van der Waals surface area contributed by atoms with Crippen molar-refractivity contribution in [3.63, 3.8) is 0 Å². The number of amides is 2. The van der Waals surface area contributed by atoms with Crippen LogP contribution in [-0.2, 0) is 4.79 Å². The van der Waals surface area contributed by atoms with Crippen LogP contribution in [-0.4, -0.2) is 32.6 Å². The van der Waals surface area contributed by atoms with Crippen LogP contribution >= 0.6 is 0 Å². The number of hydrogen-bond donors (Lipinski definition) is 2. The van der Waals surface area contributed by atoms with Crippen LogP contribution in [0.4, 0.5) is 4.39 Å². The van der Waals surface area contributed by atoms with Gasteiger partial charge < -0.3 is 14.2 Å². The Morgan fingerprint density at radius 3 is 2.12 bits per heavy atom. The maximum Gasteiger partial charge on any atom is 0.276 e. The monoisotopic (exact) mass is 362 g/mol. The summed E-state index contributed by atoms with van der Waals surface area (Å²) >= 11 is 0. The highest BCUT2D eigenvalue weighted by Gasteiger charge is 2.14. The van der Waals surface area contributed by atoms with Gasteiger partial charge in [0.2, 0.25) is 0 Å². The molecular formula is C18H19FN2O5. The van der Waals surface area contributed by atoms with Crippen molar-refractivity contribution in [1.82, 2.24) is 10.9 Å². The fraction of sp³-hybridized carbons (Fsp3) is 0.222. The van der Waals surface area contributed by atoms with E-state index < -0.39 is 17.6 Å². The Bertz CT molecular complexity index is 768. The van der Waals surface area contributed by atoms with E-state index in [-0.39, 0.29) is 12.2 Å². The molecule has 0 unspecified atom stereocenters. The van der Waals surface area contributed by atoms with Gasteiger partial charge in [-0.2, -0.15) is 0 Å². The van der Waals surface area contributed by atoms with Gasteiger partial charge in [-0.05, 0) is 43.3 Å². The van der Waals surface area contributed by atoms with Crippen LogP contribution < -0.4 is 25.1 Å². The van der Waals surface area contributed by atoms with Crippen molar-refractivity contribution in [3.05, 3.63) is 53.3 Å². The van der Waals surface area contributed by atoms with Gasteiger partial charge in [-0.15, -0.1) is 0 Å². The van der Waals surface area contributed by atoms with E-state index in [4.69, 9.17) is 14.2 Å². The molecule has 2 amide bonds. The van der Waals surface area contributed by atoms with E-state index in [1.807, 2.05) is 0 Å². The lowest BCUT2D eigenvalue weighted by Gasteiger charge is -2.13. The molecule has 0 bridgehead atoms. The predicted molar refractivity (Wildman–Crippen MR) is 91.8 cm³/mol. The van der Waals surface area contributed by atoms with Crippen molar-refractivity contribution in [1.29, 1.82) is 0 Å². The van der Waals surface area contributed by atoms with Crippen molar-refractivity contribution >= 4 is 11.8 Å². The fourth-order valence-corrected chi connectivity index (χ4v) is 2.13. The first kappa shape index (κ1) is 19.0. The Morgan fingerprint density at radius 2 is 1.58 bits per heavy atom. The number of halogens is 1. The van der Waals surface area contributed by atoms with Gasteiger partial charge >= 0.3 is 0 Å². The second-order valence-electron chi connectivity index (χ2n) is 5.25. The molecule has 0 aliphatic carbocycles. The number of benzene rings is 2. The Hall–Kier alpha value is -3.29. The van der Waals surface area contributed by atoms with E-state index in [9.17, 15) is 14.0 Å². The summed E-state index contributed by atoms with van der Waals surface area (Å²) in [5, 5.41) is 0. The van der Waals surface area contributed by atoms with Gasteiger partial charge in [-0.25, -0.2) is 4.39 Å². The van der Waals surface area contributed by atoms with Crippen molar-refractivity contribution in [2.75, 3.05) is 20.8 Å². The fourth-order valence-electron chi connectivity index (χ4n) is 2.13. The first-order chi connectivity index (χ1) is 12.4. The Labute approximate surface area is 150 Å². The lowest BCUT2D eigenvalue weighted by atomic mass is 10.1. The molecule has 0 radical (unpaired) electrons. The van der Waals surface area contributed by atoms with Gasteiger partial charge in [0, 0.05) is 11.1 Å². The van der Waals surface area contributed by atoms with E-state index in [0.717, 1.165) is 5.56 Å². The number of nitrogens with one attached hydrogen (secondary N) is 2. The molecule has 0 saturated carbocycles. The number of carbonyl (C=O) groups excluding carboxylic acids is 2. The summed E-state index contributed by atoms with van der Waals surface area (Å²) in [6.07, 6.45) is 0. The highest BCUT2D eigenvalue weighted by Crippen LogP contribution is 2.29. The first-order valence-corrected chi connectivity index (χ1v) is 7.64. The smallest absolute Gasteiger partial charge is 0.276 e. The van der Waals surface area contributed by atoms with Gasteiger partial charge in [-0.1, -0.05) is 0 Å². The molecule has 0 aliphatic rings. The molecular weight excluding hydrogens is 343 g/mol. The van der Waals surface area contributed by atoms with Crippen LogP contribution in [0.2, 0.25) is 0 Å². The number of ether oxygens (including phenoxy) is 3. The number of rotatable bonds is 6. The number of carbonyl (C=O) groups is 2. The van der Waals surface area contributed by atoms with Gasteiger partial charge in [0.25, 0.3) is 11.8 Å². The lowest BCUT2D eigenvalue weighted by molar-refractivity contribution is -0.123. The zero-order chi connectivity index (χ0) is 19.1. The second-order valence-corrected chi connectivity index (χ2v) is 5.25. The summed E-state index contributed by atoms with van der Waals surface area (Å²) in [6, 6.07) is 8.29. The molecule has 8 heteroatoms. The summed E-state index contributed by atoms with van der Waals surface area (Å²) in [4.78, 5) is 23.9. The van der Waals surface area contributed by atoms with Crippen molar-refractivity contribution < 1.29 is 28.2 Å². The molecule has 7 nitrogen and oxygen atoms in total. The third-order valence-electron chi connectivity index (χ3n) is 3.51. The Balaban J connectivity index is 1.91. The number of hydrogen-bond acceptors (Lipinski definition) is 5. The maximum absolute atomic E-state index is 12.8. The average Bonchev–Trinajstić information content (AvgIpc) is 2.65. The summed E-state index contributed by atoms with van der Waals surface area (Å²) < 4.78 is 28.4. The molecule has 2 N–H and O–H groups in total. The average molecular weight is 362 g/mol. The molecule has 0 heterocycles. The molecule has 0 fully saturated rings. The maximum atomic E-state index is 12.8. The van der Waals surface area contributed by atoms with E-state index >= 15 is 0 Å². The second kappa shape index (κ2) is 8.70. The standard InChI is InChI=1S/C18H19FN2O5/c1-11-15(24-2)8-12(9-16(11)25-3)18(23)21-20-17(22)10-26-14-6-4-13(19)5-7-14/h4-9H,10H2,1-3H3,(H,20,22)(H,21,23). The number of methoxy groups -OCH3 is 2. The minimum atomic E-state index is -0.575. The van der Waals surface area contributed by atoms with Crippen LogP contribution in [0.3, 0.4) is 0 Å². The van der Waals surface area contributed by atoms with Crippen LogP contribution in [0.25, 0.3) is 0 Å². The van der Waals surface area contributed by atoms with Crippen LogP contribution in [0.5, 0.6) is 17.2 Å². The summed E-state index contributed by atoms with van der Waals surface area (Å²) in [5.74, 6) is -0.217. The predicted octanol–water partition coefficient (Wildman–Crippen LogP) is 1.99. The highest BCUT2D eigenvalue weighted by molar-refractivity contribution is 5.96. The third kappa shape index (κ3) is 4.85. The van der Waals surface area contributed by atoms with Crippen LogP contribution in [0.1, 0.15) is 15.9 Å². The molecule has 2 aromatic rings. The summed E-state index contributed by atoms with van der Waals surface area (Å²) in [7, 11) is 2.97. The molecule has 0 aromatic heterocycles. The molecule has 138 valence electrons. The van der Waals surface area contributed by atoms with E-state index in [2.05, 4.69) is 10.9 Å². The molecule has 2 aromatic carbocycles. The van der Waals surface area contributed by atoms with Gasteiger partial charge in [-0.3, -0.25) is 20.4 Å². The van der Waals surface area contributed by atoms with E-state index in [1.54, 1.807) is 6.92 Å². The van der Waals surface area contributed by atoms with Crippen molar-refractivity contribution in [2.24, 2.45) is 0 Å². The molecule has 0 saturated heterocycles. The van der Waals surface area contributed by atoms with E-state index in [0.29, 0.717) is 17.2 Å². The van der Waals surface area contributed by atoms with Crippen molar-refractivity contribution in [3.8, 4) is 17.2 Å². The van der Waals surface area contributed by atoms with Crippen LogP contribution in [0, 0.1) is 12.7 Å². The van der Waals surface area contributed by atoms with Gasteiger partial charge in [0.1, 0.15) is 23.1 Å². The Kier molecular flexibility index (Phi) is 6.37. The lowest BCUT2D eigenvalue weighted by Crippen LogP contribution is -2.43. The first-order valence-electron chi connectivity index (χ1n) is 7.64.